The highest BCUT2D eigenvalue weighted by Gasteiger charge is 1.98. The fourth-order valence-electron chi connectivity index (χ4n) is 0.889. The second-order valence-electron chi connectivity index (χ2n) is 2.53. The van der Waals surface area contributed by atoms with Gasteiger partial charge in [-0.05, 0) is 24.5 Å². The average Bonchev–Trinajstić information content (AvgIpc) is 2.03. The van der Waals surface area contributed by atoms with Crippen LogP contribution < -0.4 is 5.73 Å². The summed E-state index contributed by atoms with van der Waals surface area (Å²) in [6.07, 6.45) is 6.73. The molecule has 11 heavy (non-hydrogen) atoms. The van der Waals surface area contributed by atoms with E-state index in [2.05, 4.69) is 29.4 Å². The molecular formula is C10H12N+. The van der Waals surface area contributed by atoms with Gasteiger partial charge in [0.1, 0.15) is 6.04 Å². The second kappa shape index (κ2) is 4.61. The van der Waals surface area contributed by atoms with E-state index >= 15 is 0 Å². The smallest absolute Gasteiger partial charge is 0.146 e. The van der Waals surface area contributed by atoms with Gasteiger partial charge in [-0.1, -0.05) is 17.8 Å². The first-order chi connectivity index (χ1) is 5.39. The summed E-state index contributed by atoms with van der Waals surface area (Å²) in [4.78, 5) is 0. The molecule has 0 fully saturated rings. The Hall–Kier alpha value is -1.18. The molecule has 1 aliphatic rings. The first-order valence-corrected chi connectivity index (χ1v) is 3.87. The molecule has 0 saturated carbocycles. The molecule has 0 aromatic carbocycles. The third-order valence-electron chi connectivity index (χ3n) is 1.49. The van der Waals surface area contributed by atoms with E-state index in [0.717, 1.165) is 19.3 Å². The van der Waals surface area contributed by atoms with Gasteiger partial charge in [-0.15, -0.1) is 0 Å². The van der Waals surface area contributed by atoms with Gasteiger partial charge in [-0.25, -0.2) is 0 Å². The highest BCUT2D eigenvalue weighted by molar-refractivity contribution is 5.26. The predicted octanol–water partition coefficient (Wildman–Crippen LogP) is 0.344. The van der Waals surface area contributed by atoms with Gasteiger partial charge in [0.2, 0.25) is 0 Å². The van der Waals surface area contributed by atoms with E-state index in [1.165, 1.54) is 0 Å². The maximum absolute atomic E-state index is 3.92. The molecule has 0 saturated heterocycles. The lowest BCUT2D eigenvalue weighted by molar-refractivity contribution is -0.400. The van der Waals surface area contributed by atoms with Crippen molar-refractivity contribution in [3.05, 3.63) is 12.2 Å². The zero-order chi connectivity index (χ0) is 7.94. The first kappa shape index (κ1) is 7.92. The summed E-state index contributed by atoms with van der Waals surface area (Å²) in [5.41, 5.74) is 3.92. The average molecular weight is 146 g/mol. The van der Waals surface area contributed by atoms with E-state index in [9.17, 15) is 0 Å². The second-order valence-corrected chi connectivity index (χ2v) is 2.53. The van der Waals surface area contributed by atoms with E-state index in [1.807, 2.05) is 0 Å². The Morgan fingerprint density at radius 3 is 3.00 bits per heavy atom. The number of quaternary nitrogens is 1. The van der Waals surface area contributed by atoms with Crippen LogP contribution in [0.2, 0.25) is 0 Å². The molecule has 0 aliphatic heterocycles. The molecule has 0 heterocycles. The van der Waals surface area contributed by atoms with Crippen molar-refractivity contribution in [1.29, 1.82) is 0 Å². The monoisotopic (exact) mass is 146 g/mol. The van der Waals surface area contributed by atoms with Crippen molar-refractivity contribution in [1.82, 2.24) is 0 Å². The molecule has 0 aromatic heterocycles. The summed E-state index contributed by atoms with van der Waals surface area (Å²) in [5, 5.41) is 0. The molecule has 0 spiro atoms. The zero-order valence-corrected chi connectivity index (χ0v) is 6.56. The third-order valence-corrected chi connectivity index (χ3v) is 1.49. The van der Waals surface area contributed by atoms with Crippen molar-refractivity contribution >= 4 is 0 Å². The summed E-state index contributed by atoms with van der Waals surface area (Å²) >= 11 is 0. The quantitative estimate of drug-likeness (QED) is 0.477. The van der Waals surface area contributed by atoms with Crippen LogP contribution in [-0.2, 0) is 0 Å². The minimum absolute atomic E-state index is 0.277. The summed E-state index contributed by atoms with van der Waals surface area (Å²) in [6, 6.07) is 0.277. The van der Waals surface area contributed by atoms with Crippen LogP contribution >= 0.6 is 0 Å². The van der Waals surface area contributed by atoms with Crippen LogP contribution in [0.5, 0.6) is 0 Å². The lowest BCUT2D eigenvalue weighted by Crippen LogP contribution is -2.60. The van der Waals surface area contributed by atoms with Gasteiger partial charge in [0.25, 0.3) is 0 Å². The van der Waals surface area contributed by atoms with Crippen LogP contribution in [0.1, 0.15) is 19.3 Å². The topological polar surface area (TPSA) is 27.6 Å². The maximum Gasteiger partial charge on any atom is 0.146 e. The van der Waals surface area contributed by atoms with Crippen LogP contribution in [0.15, 0.2) is 12.2 Å². The zero-order valence-electron chi connectivity index (χ0n) is 6.56. The van der Waals surface area contributed by atoms with Crippen LogP contribution in [0.25, 0.3) is 0 Å². The molecule has 0 bridgehead atoms. The number of hydrogen-bond acceptors (Lipinski definition) is 0. The highest BCUT2D eigenvalue weighted by Crippen LogP contribution is 1.96. The summed E-state index contributed by atoms with van der Waals surface area (Å²) in [7, 11) is 0. The standard InChI is InChI=1S/C10H11N/c11-10-8-6-4-2-1-3-5-7-9-10/h2,4,10H,5,7,9,11H2/p+1/b4-2-. The van der Waals surface area contributed by atoms with Crippen molar-refractivity contribution in [2.45, 2.75) is 25.3 Å². The van der Waals surface area contributed by atoms with Crippen molar-refractivity contribution in [2.75, 3.05) is 0 Å². The molecule has 56 valence electrons. The summed E-state index contributed by atoms with van der Waals surface area (Å²) in [5.74, 6) is 11.9. The van der Waals surface area contributed by atoms with Crippen molar-refractivity contribution < 1.29 is 5.73 Å². The Labute approximate surface area is 67.7 Å². The van der Waals surface area contributed by atoms with E-state index in [0.29, 0.717) is 0 Å². The van der Waals surface area contributed by atoms with E-state index in [1.54, 1.807) is 12.2 Å². The normalized spacial score (nSPS) is 25.4. The Balaban J connectivity index is 2.59. The van der Waals surface area contributed by atoms with Crippen LogP contribution in [0.4, 0.5) is 0 Å². The molecule has 0 radical (unpaired) electrons. The molecule has 1 unspecified atom stereocenters. The van der Waals surface area contributed by atoms with Crippen molar-refractivity contribution in [2.24, 2.45) is 0 Å². The summed E-state index contributed by atoms with van der Waals surface area (Å²) in [6.45, 7) is 0. The molecule has 1 heteroatoms. The Bertz CT molecular complexity index is 254. The van der Waals surface area contributed by atoms with E-state index in [4.69, 9.17) is 0 Å². The van der Waals surface area contributed by atoms with Gasteiger partial charge in [0.15, 0.2) is 0 Å². The van der Waals surface area contributed by atoms with Gasteiger partial charge in [0.05, 0.1) is 0 Å². The van der Waals surface area contributed by atoms with Crippen molar-refractivity contribution in [3.8, 4) is 23.7 Å². The SMILES string of the molecule is [NH3+]C1C#C/C=C\C#CCCC1. The molecule has 0 amide bonds. The highest BCUT2D eigenvalue weighted by atomic mass is 14.6. The van der Waals surface area contributed by atoms with Gasteiger partial charge in [-0.2, -0.15) is 0 Å². The number of allylic oxidation sites excluding steroid dienone is 2. The van der Waals surface area contributed by atoms with Crippen LogP contribution in [0.3, 0.4) is 0 Å². The fraction of sp³-hybridized carbons (Fsp3) is 0.400. The molecule has 1 atom stereocenters. The minimum atomic E-state index is 0.277. The van der Waals surface area contributed by atoms with Gasteiger partial charge >= 0.3 is 0 Å². The molecular weight excluding hydrogens is 134 g/mol. The van der Waals surface area contributed by atoms with Crippen LogP contribution in [0, 0.1) is 23.7 Å². The van der Waals surface area contributed by atoms with E-state index in [-0.39, 0.29) is 6.04 Å². The first-order valence-electron chi connectivity index (χ1n) is 3.87. The largest absolute Gasteiger partial charge is 0.345 e. The van der Waals surface area contributed by atoms with Gasteiger partial charge in [0, 0.05) is 12.8 Å². The Kier molecular flexibility index (Phi) is 3.32. The molecule has 1 nitrogen and oxygen atoms in total. The predicted molar refractivity (Wildman–Crippen MR) is 45.2 cm³/mol. The molecule has 1 aliphatic carbocycles. The fourth-order valence-corrected chi connectivity index (χ4v) is 0.889. The number of rotatable bonds is 0. The molecule has 3 N–H and O–H groups in total. The lowest BCUT2D eigenvalue weighted by atomic mass is 10.1. The van der Waals surface area contributed by atoms with E-state index < -0.39 is 0 Å². The summed E-state index contributed by atoms with van der Waals surface area (Å²) < 4.78 is 0. The van der Waals surface area contributed by atoms with Crippen molar-refractivity contribution in [3.63, 3.8) is 0 Å². The van der Waals surface area contributed by atoms with Gasteiger partial charge in [-0.3, -0.25) is 0 Å². The number of hydrogen-bond donors (Lipinski definition) is 1. The third kappa shape index (κ3) is 3.50. The lowest BCUT2D eigenvalue weighted by Gasteiger charge is -1.96. The Morgan fingerprint density at radius 2 is 2.09 bits per heavy atom. The maximum atomic E-state index is 3.92. The molecule has 1 rings (SSSR count). The Morgan fingerprint density at radius 1 is 1.27 bits per heavy atom. The van der Waals surface area contributed by atoms with Crippen LogP contribution in [-0.4, -0.2) is 6.04 Å². The minimum Gasteiger partial charge on any atom is -0.345 e. The molecule has 0 aromatic rings. The van der Waals surface area contributed by atoms with Gasteiger partial charge < -0.3 is 5.73 Å².